The Kier molecular flexibility index (Phi) is 2.05. The third-order valence-electron chi connectivity index (χ3n) is 2.26. The Morgan fingerprint density at radius 2 is 2.23 bits per heavy atom. The lowest BCUT2D eigenvalue weighted by Crippen LogP contribution is -2.23. The van der Waals surface area contributed by atoms with Crippen LogP contribution >= 0.6 is 0 Å². The van der Waals surface area contributed by atoms with Gasteiger partial charge in [0, 0.05) is 18.7 Å². The standard InChI is InChI=1S/C11H11NO/c1-9-4-2-5-10(8-9)12-7-3-6-11(12)13/h1-2,4-5,8H,3,6-7H2. The Labute approximate surface area is 78.2 Å². The number of carbonyl (C=O) groups is 1. The van der Waals surface area contributed by atoms with Crippen molar-refractivity contribution in [3.05, 3.63) is 36.8 Å². The van der Waals surface area contributed by atoms with Crippen molar-refractivity contribution in [1.29, 1.82) is 0 Å². The minimum Gasteiger partial charge on any atom is -0.312 e. The minimum atomic E-state index is 0.200. The van der Waals surface area contributed by atoms with Gasteiger partial charge >= 0.3 is 0 Å². The van der Waals surface area contributed by atoms with E-state index in [0.29, 0.717) is 12.0 Å². The molecule has 0 bridgehead atoms. The van der Waals surface area contributed by atoms with Crippen LogP contribution in [-0.2, 0) is 4.79 Å². The number of hydrogen-bond donors (Lipinski definition) is 0. The van der Waals surface area contributed by atoms with Crippen LogP contribution in [0.5, 0.6) is 0 Å². The van der Waals surface area contributed by atoms with Crippen molar-refractivity contribution in [2.75, 3.05) is 11.4 Å². The fraction of sp³-hybridized carbons (Fsp3) is 0.273. The Hall–Kier alpha value is -1.31. The van der Waals surface area contributed by atoms with E-state index in [1.54, 1.807) is 4.90 Å². The smallest absolute Gasteiger partial charge is 0.227 e. The fourth-order valence-electron chi connectivity index (χ4n) is 1.61. The van der Waals surface area contributed by atoms with E-state index in [-0.39, 0.29) is 5.91 Å². The van der Waals surface area contributed by atoms with Crippen molar-refractivity contribution >= 4 is 11.6 Å². The molecule has 1 aliphatic heterocycles. The number of amides is 1. The van der Waals surface area contributed by atoms with Crippen molar-refractivity contribution in [1.82, 2.24) is 0 Å². The van der Waals surface area contributed by atoms with E-state index in [1.165, 1.54) is 0 Å². The van der Waals surface area contributed by atoms with E-state index in [9.17, 15) is 4.79 Å². The molecule has 1 amide bonds. The molecule has 2 rings (SSSR count). The first-order valence-electron chi connectivity index (χ1n) is 4.43. The summed E-state index contributed by atoms with van der Waals surface area (Å²) in [4.78, 5) is 13.2. The van der Waals surface area contributed by atoms with Crippen molar-refractivity contribution < 1.29 is 4.79 Å². The number of benzene rings is 1. The molecule has 0 saturated carbocycles. The highest BCUT2D eigenvalue weighted by molar-refractivity contribution is 5.95. The molecule has 0 unspecified atom stereocenters. The van der Waals surface area contributed by atoms with Crippen LogP contribution in [0.2, 0.25) is 0 Å². The molecule has 1 aromatic rings. The molecule has 0 spiro atoms. The lowest BCUT2D eigenvalue weighted by Gasteiger charge is -2.15. The highest BCUT2D eigenvalue weighted by Crippen LogP contribution is 2.21. The molecule has 0 aliphatic carbocycles. The second kappa shape index (κ2) is 3.21. The van der Waals surface area contributed by atoms with Crippen LogP contribution in [0.3, 0.4) is 0 Å². The van der Waals surface area contributed by atoms with Gasteiger partial charge in [-0.2, -0.15) is 0 Å². The Morgan fingerprint density at radius 1 is 1.38 bits per heavy atom. The normalized spacial score (nSPS) is 16.7. The summed E-state index contributed by atoms with van der Waals surface area (Å²) < 4.78 is 0. The van der Waals surface area contributed by atoms with Gasteiger partial charge in [-0.1, -0.05) is 12.1 Å². The Morgan fingerprint density at radius 3 is 2.85 bits per heavy atom. The third kappa shape index (κ3) is 1.57. The number of rotatable bonds is 1. The molecular formula is C11H11NO. The topological polar surface area (TPSA) is 20.3 Å². The first-order chi connectivity index (χ1) is 6.27. The lowest BCUT2D eigenvalue weighted by molar-refractivity contribution is -0.117. The number of hydrogen-bond acceptors (Lipinski definition) is 1. The summed E-state index contributed by atoms with van der Waals surface area (Å²) in [5.74, 6) is 0.200. The van der Waals surface area contributed by atoms with Crippen LogP contribution in [0.25, 0.3) is 0 Å². The van der Waals surface area contributed by atoms with Crippen molar-refractivity contribution in [2.45, 2.75) is 12.8 Å². The van der Waals surface area contributed by atoms with Crippen molar-refractivity contribution in [3.63, 3.8) is 0 Å². The summed E-state index contributed by atoms with van der Waals surface area (Å²) >= 11 is 0. The quantitative estimate of drug-likeness (QED) is 0.635. The molecule has 0 atom stereocenters. The maximum Gasteiger partial charge on any atom is 0.227 e. The molecule has 0 aromatic heterocycles. The minimum absolute atomic E-state index is 0.200. The fourth-order valence-corrected chi connectivity index (χ4v) is 1.61. The van der Waals surface area contributed by atoms with Crippen LogP contribution in [0.4, 0.5) is 5.69 Å². The number of anilines is 1. The van der Waals surface area contributed by atoms with E-state index in [2.05, 4.69) is 0 Å². The largest absolute Gasteiger partial charge is 0.312 e. The van der Waals surface area contributed by atoms with Gasteiger partial charge in [0.15, 0.2) is 0 Å². The van der Waals surface area contributed by atoms with Crippen LogP contribution in [0.1, 0.15) is 18.4 Å². The van der Waals surface area contributed by atoms with E-state index < -0.39 is 0 Å². The third-order valence-corrected chi connectivity index (χ3v) is 2.26. The van der Waals surface area contributed by atoms with Crippen LogP contribution in [-0.4, -0.2) is 12.5 Å². The Balaban J connectivity index is 2.29. The average Bonchev–Trinajstić information content (AvgIpc) is 2.51. The summed E-state index contributed by atoms with van der Waals surface area (Å²) in [6.45, 7) is 6.46. The van der Waals surface area contributed by atoms with Gasteiger partial charge in [-0.05, 0) is 31.0 Å². The van der Waals surface area contributed by atoms with E-state index in [1.807, 2.05) is 24.3 Å². The van der Waals surface area contributed by atoms with Gasteiger partial charge in [-0.25, -0.2) is 0 Å². The van der Waals surface area contributed by atoms with Crippen LogP contribution in [0, 0.1) is 6.92 Å². The zero-order valence-electron chi connectivity index (χ0n) is 7.36. The van der Waals surface area contributed by atoms with E-state index in [0.717, 1.165) is 18.7 Å². The van der Waals surface area contributed by atoms with Gasteiger partial charge in [-0.3, -0.25) is 4.79 Å². The predicted molar refractivity (Wildman–Crippen MR) is 51.4 cm³/mol. The first-order valence-corrected chi connectivity index (χ1v) is 4.43. The van der Waals surface area contributed by atoms with Gasteiger partial charge in [0.2, 0.25) is 5.91 Å². The molecule has 1 fully saturated rings. The lowest BCUT2D eigenvalue weighted by atomic mass is 10.2. The van der Waals surface area contributed by atoms with Crippen LogP contribution in [0.15, 0.2) is 24.3 Å². The second-order valence-electron chi connectivity index (χ2n) is 3.24. The van der Waals surface area contributed by atoms with Gasteiger partial charge in [-0.15, -0.1) is 0 Å². The van der Waals surface area contributed by atoms with Crippen molar-refractivity contribution in [3.8, 4) is 0 Å². The summed E-state index contributed by atoms with van der Waals surface area (Å²) in [7, 11) is 0. The van der Waals surface area contributed by atoms with Gasteiger partial charge in [0.1, 0.15) is 0 Å². The van der Waals surface area contributed by atoms with Crippen molar-refractivity contribution in [2.24, 2.45) is 0 Å². The zero-order chi connectivity index (χ0) is 9.26. The number of nitrogens with zero attached hydrogens (tertiary/aromatic N) is 1. The van der Waals surface area contributed by atoms with E-state index >= 15 is 0 Å². The summed E-state index contributed by atoms with van der Waals surface area (Å²) in [6.07, 6.45) is 1.61. The first kappa shape index (κ1) is 8.30. The molecule has 1 aliphatic rings. The summed E-state index contributed by atoms with van der Waals surface area (Å²) in [5.41, 5.74) is 1.62. The summed E-state index contributed by atoms with van der Waals surface area (Å²) in [6, 6.07) is 7.45. The molecule has 66 valence electrons. The highest BCUT2D eigenvalue weighted by Gasteiger charge is 2.21. The van der Waals surface area contributed by atoms with E-state index in [4.69, 9.17) is 6.92 Å². The van der Waals surface area contributed by atoms with Gasteiger partial charge in [0.05, 0.1) is 0 Å². The van der Waals surface area contributed by atoms with Gasteiger partial charge in [0.25, 0.3) is 0 Å². The summed E-state index contributed by atoms with van der Waals surface area (Å²) in [5, 5.41) is 0. The second-order valence-corrected chi connectivity index (χ2v) is 3.24. The average molecular weight is 173 g/mol. The molecule has 13 heavy (non-hydrogen) atoms. The molecular weight excluding hydrogens is 162 g/mol. The maximum atomic E-state index is 11.4. The molecule has 2 radical (unpaired) electrons. The zero-order valence-corrected chi connectivity index (χ0v) is 7.36. The molecule has 2 nitrogen and oxygen atoms in total. The maximum absolute atomic E-state index is 11.4. The predicted octanol–water partition coefficient (Wildman–Crippen LogP) is 1.87. The molecule has 1 aromatic carbocycles. The molecule has 2 heteroatoms. The number of carbonyl (C=O) groups excluding carboxylic acids is 1. The van der Waals surface area contributed by atoms with Gasteiger partial charge < -0.3 is 4.90 Å². The molecule has 1 heterocycles. The van der Waals surface area contributed by atoms with Crippen LogP contribution < -0.4 is 4.90 Å². The molecule has 1 saturated heterocycles. The highest BCUT2D eigenvalue weighted by atomic mass is 16.2. The molecule has 0 N–H and O–H groups in total. The monoisotopic (exact) mass is 173 g/mol. The SMILES string of the molecule is [CH]c1cccc(N2CCCC2=O)c1. The Bertz CT molecular complexity index is 333.